The molecule has 7 nitrogen and oxygen atoms in total. The van der Waals surface area contributed by atoms with Gasteiger partial charge < -0.3 is 4.74 Å². The van der Waals surface area contributed by atoms with Gasteiger partial charge in [-0.05, 0) is 13.8 Å². The molecular weight excluding hydrogens is 228 g/mol. The Morgan fingerprint density at radius 2 is 1.94 bits per heavy atom. The van der Waals surface area contributed by atoms with E-state index in [4.69, 9.17) is 4.74 Å². The monoisotopic (exact) mass is 238 g/mol. The van der Waals surface area contributed by atoms with E-state index in [2.05, 4.69) is 0 Å². The second-order valence-electron chi connectivity index (χ2n) is 4.26. The number of Topliss-reactive ketones (excluding diaryl/α,β-unsaturated/α-hetero) is 1. The van der Waals surface area contributed by atoms with E-state index < -0.39 is 34.6 Å². The van der Waals surface area contributed by atoms with E-state index in [1.807, 2.05) is 4.98 Å². The topological polar surface area (TPSA) is 98.2 Å². The fraction of sp³-hybridized carbons (Fsp3) is 0.400. The van der Waals surface area contributed by atoms with Crippen molar-refractivity contribution in [2.75, 3.05) is 0 Å². The van der Waals surface area contributed by atoms with Crippen molar-refractivity contribution in [2.45, 2.75) is 20.1 Å². The molecule has 0 amide bonds. The van der Waals surface area contributed by atoms with Crippen molar-refractivity contribution >= 4 is 11.8 Å². The van der Waals surface area contributed by atoms with Gasteiger partial charge in [0.05, 0.1) is 0 Å². The van der Waals surface area contributed by atoms with E-state index in [1.54, 1.807) is 0 Å². The summed E-state index contributed by atoms with van der Waals surface area (Å²) in [5.41, 5.74) is -2.65. The average molecular weight is 238 g/mol. The minimum atomic E-state index is -1.30. The van der Waals surface area contributed by atoms with Gasteiger partial charge in [0.1, 0.15) is 5.41 Å². The summed E-state index contributed by atoms with van der Waals surface area (Å²) in [6.45, 7) is 2.85. The van der Waals surface area contributed by atoms with Crippen LogP contribution in [0.2, 0.25) is 0 Å². The lowest BCUT2D eigenvalue weighted by Gasteiger charge is -2.11. The van der Waals surface area contributed by atoms with Crippen LogP contribution < -0.4 is 11.2 Å². The molecule has 1 saturated heterocycles. The first-order valence-electron chi connectivity index (χ1n) is 4.91. The van der Waals surface area contributed by atoms with Crippen molar-refractivity contribution in [3.8, 4) is 0 Å². The molecule has 0 aromatic carbocycles. The molecule has 7 heteroatoms. The van der Waals surface area contributed by atoms with Gasteiger partial charge in [0, 0.05) is 12.3 Å². The lowest BCUT2D eigenvalue weighted by Crippen LogP contribution is -2.35. The summed E-state index contributed by atoms with van der Waals surface area (Å²) in [7, 11) is 0. The number of cyclic esters (lactones) is 1. The molecule has 1 fully saturated rings. The number of nitrogens with zero attached hydrogens (tertiary/aromatic N) is 1. The highest BCUT2D eigenvalue weighted by atomic mass is 16.6. The predicted octanol–water partition coefficient (Wildman–Crippen LogP) is -0.813. The van der Waals surface area contributed by atoms with Gasteiger partial charge in [0.25, 0.3) is 5.56 Å². The maximum Gasteiger partial charge on any atom is 0.331 e. The van der Waals surface area contributed by atoms with Crippen molar-refractivity contribution in [1.82, 2.24) is 9.55 Å². The molecular formula is C10H10N2O5. The third-order valence-electron chi connectivity index (χ3n) is 2.67. The number of esters is 1. The first kappa shape index (κ1) is 11.3. The molecule has 2 heterocycles. The van der Waals surface area contributed by atoms with Crippen LogP contribution >= 0.6 is 0 Å². The van der Waals surface area contributed by atoms with Crippen molar-refractivity contribution in [2.24, 2.45) is 5.41 Å². The first-order valence-corrected chi connectivity index (χ1v) is 4.91. The average Bonchev–Trinajstić information content (AvgIpc) is 2.43. The van der Waals surface area contributed by atoms with Crippen LogP contribution in [0.4, 0.5) is 0 Å². The minimum absolute atomic E-state index is 0.517. The molecule has 0 bridgehead atoms. The fourth-order valence-electron chi connectivity index (χ4n) is 1.51. The van der Waals surface area contributed by atoms with Crippen LogP contribution in [0.1, 0.15) is 20.1 Å². The third kappa shape index (κ3) is 1.59. The number of ketones is 1. The van der Waals surface area contributed by atoms with Crippen molar-refractivity contribution < 1.29 is 14.3 Å². The summed E-state index contributed by atoms with van der Waals surface area (Å²) in [5, 5.41) is 0. The molecule has 1 N–H and O–H groups in total. The van der Waals surface area contributed by atoms with Gasteiger partial charge in [0.2, 0.25) is 12.0 Å². The summed E-state index contributed by atoms with van der Waals surface area (Å²) >= 11 is 0. The van der Waals surface area contributed by atoms with Gasteiger partial charge in [-0.1, -0.05) is 0 Å². The Hall–Kier alpha value is -2.18. The van der Waals surface area contributed by atoms with Gasteiger partial charge in [0.15, 0.2) is 0 Å². The highest BCUT2D eigenvalue weighted by molar-refractivity contribution is 6.08. The Morgan fingerprint density at radius 3 is 2.41 bits per heavy atom. The van der Waals surface area contributed by atoms with E-state index in [9.17, 15) is 19.2 Å². The maximum absolute atomic E-state index is 11.9. The summed E-state index contributed by atoms with van der Waals surface area (Å²) < 4.78 is 5.73. The Kier molecular flexibility index (Phi) is 2.27. The lowest BCUT2D eigenvalue weighted by molar-refractivity contribution is -0.150. The SMILES string of the molecule is CC1(C)C(=O)OC(n2ccc(=O)[nH]c2=O)C1=O. The summed E-state index contributed by atoms with van der Waals surface area (Å²) in [6.07, 6.45) is -0.180. The van der Waals surface area contributed by atoms with Crippen LogP contribution in [0.15, 0.2) is 21.9 Å². The molecule has 2 rings (SSSR count). The number of nitrogens with one attached hydrogen (secondary N) is 1. The predicted molar refractivity (Wildman–Crippen MR) is 55.2 cm³/mol. The van der Waals surface area contributed by atoms with Crippen molar-refractivity contribution in [1.29, 1.82) is 0 Å². The standard InChI is InChI=1S/C10H10N2O5/c1-10(2)6(14)7(17-8(10)15)12-4-3-5(13)11-9(12)16/h3-4,7H,1-2H3,(H,11,13,16). The second-order valence-corrected chi connectivity index (χ2v) is 4.26. The summed E-state index contributed by atoms with van der Waals surface area (Å²) in [6, 6.07) is 1.08. The highest BCUT2D eigenvalue weighted by Crippen LogP contribution is 2.33. The zero-order valence-corrected chi connectivity index (χ0v) is 9.22. The summed E-state index contributed by atoms with van der Waals surface area (Å²) in [5.74, 6) is -1.21. The van der Waals surface area contributed by atoms with Crippen molar-refractivity contribution in [3.63, 3.8) is 0 Å². The van der Waals surface area contributed by atoms with Gasteiger partial charge in [-0.2, -0.15) is 0 Å². The molecule has 1 aromatic heterocycles. The molecule has 90 valence electrons. The number of aromatic nitrogens is 2. The lowest BCUT2D eigenvalue weighted by atomic mass is 9.90. The Balaban J connectivity index is 2.51. The minimum Gasteiger partial charge on any atom is -0.433 e. The number of carbonyl (C=O) groups excluding carboxylic acids is 2. The number of aromatic amines is 1. The van der Waals surface area contributed by atoms with E-state index in [0.29, 0.717) is 0 Å². The number of ether oxygens (including phenoxy) is 1. The molecule has 0 aliphatic carbocycles. The van der Waals surface area contributed by atoms with Gasteiger partial charge >= 0.3 is 11.7 Å². The molecule has 1 aliphatic rings. The quantitative estimate of drug-likeness (QED) is 0.509. The second kappa shape index (κ2) is 3.41. The molecule has 1 aliphatic heterocycles. The van der Waals surface area contributed by atoms with E-state index in [-0.39, 0.29) is 0 Å². The van der Waals surface area contributed by atoms with Crippen LogP contribution in [0.5, 0.6) is 0 Å². The Labute approximate surface area is 95.0 Å². The largest absolute Gasteiger partial charge is 0.433 e. The number of H-pyrrole nitrogens is 1. The van der Waals surface area contributed by atoms with Crippen LogP contribution in [0, 0.1) is 5.41 Å². The van der Waals surface area contributed by atoms with E-state index in [0.717, 1.165) is 16.8 Å². The molecule has 1 unspecified atom stereocenters. The van der Waals surface area contributed by atoms with E-state index >= 15 is 0 Å². The molecule has 1 aromatic rings. The van der Waals surface area contributed by atoms with Gasteiger partial charge in [-0.3, -0.25) is 23.9 Å². The molecule has 0 radical (unpaired) electrons. The Morgan fingerprint density at radius 1 is 1.29 bits per heavy atom. The molecule has 1 atom stereocenters. The van der Waals surface area contributed by atoms with Crippen molar-refractivity contribution in [3.05, 3.63) is 33.1 Å². The van der Waals surface area contributed by atoms with Crippen LogP contribution in [0.25, 0.3) is 0 Å². The fourth-order valence-corrected chi connectivity index (χ4v) is 1.51. The third-order valence-corrected chi connectivity index (χ3v) is 2.67. The zero-order chi connectivity index (χ0) is 12.8. The van der Waals surface area contributed by atoms with Crippen LogP contribution in [0.3, 0.4) is 0 Å². The van der Waals surface area contributed by atoms with Crippen LogP contribution in [-0.2, 0) is 14.3 Å². The highest BCUT2D eigenvalue weighted by Gasteiger charge is 2.51. The molecule has 17 heavy (non-hydrogen) atoms. The summed E-state index contributed by atoms with van der Waals surface area (Å²) in [4.78, 5) is 47.6. The zero-order valence-electron chi connectivity index (χ0n) is 9.22. The number of rotatable bonds is 1. The Bertz CT molecular complexity index is 610. The maximum atomic E-state index is 11.9. The first-order chi connectivity index (χ1) is 7.84. The number of carbonyl (C=O) groups is 2. The van der Waals surface area contributed by atoms with Gasteiger partial charge in [-0.15, -0.1) is 0 Å². The van der Waals surface area contributed by atoms with Crippen LogP contribution in [-0.4, -0.2) is 21.3 Å². The van der Waals surface area contributed by atoms with E-state index in [1.165, 1.54) is 13.8 Å². The van der Waals surface area contributed by atoms with Gasteiger partial charge in [-0.25, -0.2) is 4.79 Å². The smallest absolute Gasteiger partial charge is 0.331 e. The molecule has 0 saturated carbocycles. The normalized spacial score (nSPS) is 22.6. The molecule has 0 spiro atoms. The number of hydrogen-bond acceptors (Lipinski definition) is 5. The number of hydrogen-bond donors (Lipinski definition) is 1.